The summed E-state index contributed by atoms with van der Waals surface area (Å²) < 4.78 is 23.1. The molecular weight excluding hydrogens is 365 g/mol. The molecule has 0 bridgehead atoms. The predicted octanol–water partition coefficient (Wildman–Crippen LogP) is 2.50. The molecule has 8 nitrogen and oxygen atoms in total. The predicted molar refractivity (Wildman–Crippen MR) is 89.8 cm³/mol. The van der Waals surface area contributed by atoms with Gasteiger partial charge in [0.15, 0.2) is 17.6 Å². The molecule has 0 aliphatic heterocycles. The van der Waals surface area contributed by atoms with Crippen LogP contribution in [0.3, 0.4) is 0 Å². The van der Waals surface area contributed by atoms with Gasteiger partial charge in [-0.2, -0.15) is 4.98 Å². The summed E-state index contributed by atoms with van der Waals surface area (Å²) in [5.41, 5.74) is 0.567. The normalized spacial score (nSPS) is 10.6. The Kier molecular flexibility index (Phi) is 5.37. The summed E-state index contributed by atoms with van der Waals surface area (Å²) in [5, 5.41) is 11.6. The fraction of sp³-hybridized carbons (Fsp3) is 0.188. The highest BCUT2D eigenvalue weighted by molar-refractivity contribution is 6.29. The number of rotatable bonds is 6. The highest BCUT2D eigenvalue weighted by atomic mass is 35.5. The van der Waals surface area contributed by atoms with Crippen molar-refractivity contribution in [1.29, 1.82) is 0 Å². The summed E-state index contributed by atoms with van der Waals surface area (Å²) in [6, 6.07) is 8.81. The molecule has 0 fully saturated rings. The minimum atomic E-state index is -0.502. The monoisotopic (exact) mass is 377 g/mol. The summed E-state index contributed by atoms with van der Waals surface area (Å²) in [4.78, 5) is 17.6. The van der Waals surface area contributed by atoms with Gasteiger partial charge in [0.05, 0.1) is 0 Å². The minimum absolute atomic E-state index is 0.0427. The van der Waals surface area contributed by atoms with Crippen LogP contribution >= 0.6 is 11.6 Å². The van der Waals surface area contributed by atoms with Crippen molar-refractivity contribution in [2.75, 3.05) is 18.5 Å². The van der Waals surface area contributed by atoms with Crippen molar-refractivity contribution in [1.82, 2.24) is 20.3 Å². The van der Waals surface area contributed by atoms with Crippen LogP contribution in [-0.4, -0.2) is 39.9 Å². The lowest BCUT2D eigenvalue weighted by molar-refractivity contribution is -0.143. The van der Waals surface area contributed by atoms with Crippen molar-refractivity contribution in [3.05, 3.63) is 53.2 Å². The number of anilines is 1. The van der Waals surface area contributed by atoms with Crippen LogP contribution in [0.4, 0.5) is 10.2 Å². The van der Waals surface area contributed by atoms with Gasteiger partial charge in [-0.1, -0.05) is 16.8 Å². The van der Waals surface area contributed by atoms with Crippen LogP contribution in [0.1, 0.15) is 5.82 Å². The van der Waals surface area contributed by atoms with E-state index in [9.17, 15) is 9.18 Å². The van der Waals surface area contributed by atoms with Gasteiger partial charge in [-0.05, 0) is 36.4 Å². The van der Waals surface area contributed by atoms with Gasteiger partial charge >= 0.3 is 5.97 Å². The molecule has 0 saturated heterocycles. The van der Waals surface area contributed by atoms with E-state index in [1.54, 1.807) is 24.1 Å². The summed E-state index contributed by atoms with van der Waals surface area (Å²) in [6.45, 7) is -0.192. The minimum Gasteiger partial charge on any atom is -0.456 e. The van der Waals surface area contributed by atoms with Crippen molar-refractivity contribution in [2.45, 2.75) is 6.61 Å². The van der Waals surface area contributed by atoms with Crippen LogP contribution in [0, 0.1) is 5.82 Å². The molecule has 2 heterocycles. The zero-order valence-corrected chi connectivity index (χ0v) is 14.4. The van der Waals surface area contributed by atoms with Crippen molar-refractivity contribution in [3.8, 4) is 11.5 Å². The van der Waals surface area contributed by atoms with Gasteiger partial charge in [0.2, 0.25) is 5.82 Å². The number of benzene rings is 1. The van der Waals surface area contributed by atoms with E-state index in [2.05, 4.69) is 20.3 Å². The van der Waals surface area contributed by atoms with E-state index < -0.39 is 5.97 Å². The van der Waals surface area contributed by atoms with Crippen LogP contribution < -0.4 is 4.90 Å². The summed E-state index contributed by atoms with van der Waals surface area (Å²) in [7, 11) is 1.67. The highest BCUT2D eigenvalue weighted by Gasteiger charge is 2.14. The standard InChI is InChI=1S/C16H13ClFN5O3/c1-23(14-7-6-12(17)20-21-14)8-15(24)25-9-13-19-16(26-22-13)10-2-4-11(18)5-3-10/h2-7H,8-9H2,1H3. The maximum Gasteiger partial charge on any atom is 0.326 e. The lowest BCUT2D eigenvalue weighted by Gasteiger charge is -2.15. The second-order valence-electron chi connectivity index (χ2n) is 5.25. The fourth-order valence-electron chi connectivity index (χ4n) is 2.00. The smallest absolute Gasteiger partial charge is 0.326 e. The molecule has 0 N–H and O–H groups in total. The van der Waals surface area contributed by atoms with Crippen molar-refractivity contribution >= 4 is 23.4 Å². The number of halogens is 2. The van der Waals surface area contributed by atoms with Crippen LogP contribution in [0.25, 0.3) is 11.5 Å². The Balaban J connectivity index is 1.53. The second kappa shape index (κ2) is 7.87. The molecule has 26 heavy (non-hydrogen) atoms. The third kappa shape index (κ3) is 4.51. The van der Waals surface area contributed by atoms with Crippen LogP contribution in [0.15, 0.2) is 40.9 Å². The Hall–Kier alpha value is -3.07. The van der Waals surface area contributed by atoms with E-state index in [0.717, 1.165) is 0 Å². The average molecular weight is 378 g/mol. The van der Waals surface area contributed by atoms with E-state index >= 15 is 0 Å². The molecular formula is C16H13ClFN5O3. The number of ether oxygens (including phenoxy) is 1. The molecule has 0 amide bonds. The Morgan fingerprint density at radius 1 is 1.23 bits per heavy atom. The van der Waals surface area contributed by atoms with Crippen molar-refractivity contribution < 1.29 is 18.4 Å². The first-order valence-electron chi connectivity index (χ1n) is 7.46. The molecule has 2 aromatic heterocycles. The zero-order chi connectivity index (χ0) is 18.5. The Morgan fingerprint density at radius 2 is 2.00 bits per heavy atom. The molecule has 10 heteroatoms. The van der Waals surface area contributed by atoms with Crippen LogP contribution in [0.2, 0.25) is 5.15 Å². The van der Waals surface area contributed by atoms with E-state index in [4.69, 9.17) is 20.9 Å². The molecule has 0 unspecified atom stereocenters. The summed E-state index contributed by atoms with van der Waals surface area (Å²) in [5.74, 6) is 0.0232. The third-order valence-corrected chi connectivity index (χ3v) is 3.50. The number of esters is 1. The average Bonchev–Trinajstić information content (AvgIpc) is 3.10. The number of carbonyl (C=O) groups excluding carboxylic acids is 1. The van der Waals surface area contributed by atoms with Crippen molar-refractivity contribution in [3.63, 3.8) is 0 Å². The van der Waals surface area contributed by atoms with Gasteiger partial charge < -0.3 is 14.2 Å². The first-order chi connectivity index (χ1) is 12.5. The van der Waals surface area contributed by atoms with E-state index in [1.165, 1.54) is 24.3 Å². The topological polar surface area (TPSA) is 94.2 Å². The van der Waals surface area contributed by atoms with E-state index in [1.807, 2.05) is 0 Å². The van der Waals surface area contributed by atoms with Crippen molar-refractivity contribution in [2.24, 2.45) is 0 Å². The maximum absolute atomic E-state index is 12.9. The van der Waals surface area contributed by atoms with Crippen LogP contribution in [0.5, 0.6) is 0 Å². The Morgan fingerprint density at radius 3 is 2.69 bits per heavy atom. The molecule has 0 aliphatic rings. The van der Waals surface area contributed by atoms with E-state index in [0.29, 0.717) is 11.4 Å². The van der Waals surface area contributed by atoms with Gasteiger partial charge in [-0.15, -0.1) is 10.2 Å². The number of hydrogen-bond donors (Lipinski definition) is 0. The number of carbonyl (C=O) groups is 1. The lowest BCUT2D eigenvalue weighted by atomic mass is 10.2. The molecule has 0 radical (unpaired) electrons. The SMILES string of the molecule is CN(CC(=O)OCc1noc(-c2ccc(F)cc2)n1)c1ccc(Cl)nn1. The maximum atomic E-state index is 12.9. The highest BCUT2D eigenvalue weighted by Crippen LogP contribution is 2.17. The van der Waals surface area contributed by atoms with Gasteiger partial charge in [0.25, 0.3) is 5.89 Å². The Labute approximate surface area is 152 Å². The summed E-state index contributed by atoms with van der Waals surface area (Å²) >= 11 is 5.67. The van der Waals surface area contributed by atoms with Gasteiger partial charge in [0.1, 0.15) is 12.4 Å². The largest absolute Gasteiger partial charge is 0.456 e. The van der Waals surface area contributed by atoms with Gasteiger partial charge in [-0.3, -0.25) is 4.79 Å². The summed E-state index contributed by atoms with van der Waals surface area (Å²) in [6.07, 6.45) is 0. The number of nitrogens with zero attached hydrogens (tertiary/aromatic N) is 5. The molecule has 3 aromatic rings. The second-order valence-corrected chi connectivity index (χ2v) is 5.64. The number of aromatic nitrogens is 4. The quantitative estimate of drug-likeness (QED) is 0.605. The number of likely N-dealkylation sites (N-methyl/N-ethyl adjacent to an activating group) is 1. The molecule has 3 rings (SSSR count). The first-order valence-corrected chi connectivity index (χ1v) is 7.83. The molecule has 0 aliphatic carbocycles. The third-order valence-electron chi connectivity index (χ3n) is 3.30. The Bertz CT molecular complexity index is 886. The van der Waals surface area contributed by atoms with Gasteiger partial charge in [0, 0.05) is 12.6 Å². The van der Waals surface area contributed by atoms with Gasteiger partial charge in [-0.25, -0.2) is 4.39 Å². The fourth-order valence-corrected chi connectivity index (χ4v) is 2.10. The van der Waals surface area contributed by atoms with E-state index in [-0.39, 0.29) is 35.8 Å². The lowest BCUT2D eigenvalue weighted by Crippen LogP contribution is -2.28. The first kappa shape index (κ1) is 17.7. The molecule has 1 aromatic carbocycles. The van der Waals surface area contributed by atoms with Crippen LogP contribution in [-0.2, 0) is 16.1 Å². The molecule has 0 spiro atoms. The molecule has 134 valence electrons. The number of hydrogen-bond acceptors (Lipinski definition) is 8. The molecule has 0 saturated carbocycles. The zero-order valence-electron chi connectivity index (χ0n) is 13.6. The molecule has 0 atom stereocenters.